The number of ketones is 1. The van der Waals surface area contributed by atoms with Crippen LogP contribution in [-0.4, -0.2) is 5.78 Å². The highest BCUT2D eigenvalue weighted by molar-refractivity contribution is 5.95. The summed E-state index contributed by atoms with van der Waals surface area (Å²) in [5, 5.41) is 2.40. The Bertz CT molecular complexity index is 685. The van der Waals surface area contributed by atoms with Crippen molar-refractivity contribution in [2.24, 2.45) is 0 Å². The minimum Gasteiger partial charge on any atom is -0.353 e. The van der Waals surface area contributed by atoms with Gasteiger partial charge in [-0.15, -0.1) is 0 Å². The van der Waals surface area contributed by atoms with E-state index in [1.807, 2.05) is 0 Å². The predicted molar refractivity (Wildman–Crippen MR) is 66.0 cm³/mol. The van der Waals surface area contributed by atoms with E-state index in [0.717, 1.165) is 24.3 Å². The number of benzene rings is 2. The Hall–Kier alpha value is -2.37. The number of halogens is 4. The van der Waals surface area contributed by atoms with Gasteiger partial charge in [-0.1, -0.05) is 0 Å². The lowest BCUT2D eigenvalue weighted by Crippen LogP contribution is -2.01. The SMILES string of the molecule is CC(=O)c1cc(F)cc(Nc2ccc(F)c(F)c2F)c1. The summed E-state index contributed by atoms with van der Waals surface area (Å²) in [6, 6.07) is 5.03. The quantitative estimate of drug-likeness (QED) is 0.520. The molecule has 0 fully saturated rings. The van der Waals surface area contributed by atoms with Crippen LogP contribution in [0.2, 0.25) is 0 Å². The van der Waals surface area contributed by atoms with Crippen LogP contribution in [0.25, 0.3) is 0 Å². The average Bonchev–Trinajstić information content (AvgIpc) is 2.39. The van der Waals surface area contributed by atoms with Gasteiger partial charge < -0.3 is 5.32 Å². The number of rotatable bonds is 3. The molecule has 0 aliphatic heterocycles. The van der Waals surface area contributed by atoms with Crippen LogP contribution in [0.15, 0.2) is 30.3 Å². The van der Waals surface area contributed by atoms with E-state index in [9.17, 15) is 22.4 Å². The van der Waals surface area contributed by atoms with Crippen LogP contribution in [0.1, 0.15) is 17.3 Å². The van der Waals surface area contributed by atoms with Gasteiger partial charge in [0.25, 0.3) is 0 Å². The van der Waals surface area contributed by atoms with Crippen molar-refractivity contribution in [2.75, 3.05) is 5.32 Å². The Morgan fingerprint density at radius 1 is 1.00 bits per heavy atom. The average molecular weight is 283 g/mol. The van der Waals surface area contributed by atoms with Crippen LogP contribution in [0.5, 0.6) is 0 Å². The zero-order valence-corrected chi connectivity index (χ0v) is 10.3. The zero-order chi connectivity index (χ0) is 14.9. The van der Waals surface area contributed by atoms with Gasteiger partial charge in [-0.2, -0.15) is 0 Å². The number of Topliss-reactive ketones (excluding diaryl/α,β-unsaturated/α-hetero) is 1. The maximum absolute atomic E-state index is 13.5. The molecule has 20 heavy (non-hydrogen) atoms. The number of carbonyl (C=O) groups is 1. The van der Waals surface area contributed by atoms with E-state index in [4.69, 9.17) is 0 Å². The molecule has 0 saturated carbocycles. The predicted octanol–water partition coefficient (Wildman–Crippen LogP) is 4.19. The van der Waals surface area contributed by atoms with Crippen LogP contribution in [0, 0.1) is 23.3 Å². The molecule has 0 aliphatic carbocycles. The second-order valence-electron chi connectivity index (χ2n) is 4.13. The van der Waals surface area contributed by atoms with E-state index in [0.29, 0.717) is 0 Å². The van der Waals surface area contributed by atoms with Crippen molar-refractivity contribution in [2.45, 2.75) is 6.92 Å². The Labute approximate surface area is 112 Å². The molecular weight excluding hydrogens is 274 g/mol. The third kappa shape index (κ3) is 2.79. The monoisotopic (exact) mass is 283 g/mol. The number of hydrogen-bond acceptors (Lipinski definition) is 2. The summed E-state index contributed by atoms with van der Waals surface area (Å²) in [5.41, 5.74) is -0.223. The molecule has 6 heteroatoms. The molecule has 104 valence electrons. The molecule has 0 heterocycles. The molecule has 1 N–H and O–H groups in total. The molecule has 0 aromatic heterocycles. The number of anilines is 2. The summed E-state index contributed by atoms with van der Waals surface area (Å²) < 4.78 is 52.6. The topological polar surface area (TPSA) is 29.1 Å². The van der Waals surface area contributed by atoms with E-state index in [1.165, 1.54) is 13.0 Å². The molecule has 0 bridgehead atoms. The molecule has 2 aromatic carbocycles. The number of carbonyl (C=O) groups excluding carboxylic acids is 1. The van der Waals surface area contributed by atoms with Crippen LogP contribution in [0.4, 0.5) is 28.9 Å². The first-order valence-corrected chi connectivity index (χ1v) is 5.60. The maximum Gasteiger partial charge on any atom is 0.196 e. The van der Waals surface area contributed by atoms with Crippen molar-refractivity contribution in [3.8, 4) is 0 Å². The van der Waals surface area contributed by atoms with Gasteiger partial charge in [-0.25, -0.2) is 17.6 Å². The van der Waals surface area contributed by atoms with Gasteiger partial charge in [-0.05, 0) is 37.3 Å². The fraction of sp³-hybridized carbons (Fsp3) is 0.0714. The zero-order valence-electron chi connectivity index (χ0n) is 10.3. The molecule has 2 aromatic rings. The van der Waals surface area contributed by atoms with Crippen molar-refractivity contribution in [3.63, 3.8) is 0 Å². The minimum absolute atomic E-state index is 0.0557. The van der Waals surface area contributed by atoms with Crippen LogP contribution < -0.4 is 5.32 Å². The number of hydrogen-bond donors (Lipinski definition) is 1. The normalized spacial score (nSPS) is 10.4. The lowest BCUT2D eigenvalue weighted by Gasteiger charge is -2.09. The maximum atomic E-state index is 13.5. The van der Waals surface area contributed by atoms with E-state index < -0.39 is 23.3 Å². The van der Waals surface area contributed by atoms with Crippen molar-refractivity contribution >= 4 is 17.2 Å². The largest absolute Gasteiger partial charge is 0.353 e. The summed E-state index contributed by atoms with van der Waals surface area (Å²) in [7, 11) is 0. The van der Waals surface area contributed by atoms with E-state index in [1.54, 1.807) is 0 Å². The number of nitrogens with one attached hydrogen (secondary N) is 1. The highest BCUT2D eigenvalue weighted by Gasteiger charge is 2.14. The fourth-order valence-electron chi connectivity index (χ4n) is 1.64. The van der Waals surface area contributed by atoms with Crippen molar-refractivity contribution < 1.29 is 22.4 Å². The molecule has 2 rings (SSSR count). The minimum atomic E-state index is -1.63. The third-order valence-electron chi connectivity index (χ3n) is 2.62. The first-order valence-electron chi connectivity index (χ1n) is 5.60. The van der Waals surface area contributed by atoms with E-state index in [-0.39, 0.29) is 22.7 Å². The Morgan fingerprint density at radius 2 is 1.70 bits per heavy atom. The van der Waals surface area contributed by atoms with Crippen LogP contribution in [0.3, 0.4) is 0 Å². The standard InChI is InChI=1S/C14H9F4NO/c1-7(20)8-4-9(15)6-10(5-8)19-12-3-2-11(16)13(17)14(12)18/h2-6,19H,1H3. The molecular formula is C14H9F4NO. The highest BCUT2D eigenvalue weighted by atomic mass is 19.2. The third-order valence-corrected chi connectivity index (χ3v) is 2.62. The summed E-state index contributed by atoms with van der Waals surface area (Å²) in [6.07, 6.45) is 0. The van der Waals surface area contributed by atoms with Gasteiger partial charge in [0, 0.05) is 11.3 Å². The fourth-order valence-corrected chi connectivity index (χ4v) is 1.64. The van der Waals surface area contributed by atoms with Gasteiger partial charge in [0.15, 0.2) is 23.2 Å². The summed E-state index contributed by atoms with van der Waals surface area (Å²) in [5.74, 6) is -5.45. The molecule has 0 amide bonds. The Kier molecular flexibility index (Phi) is 3.74. The lowest BCUT2D eigenvalue weighted by molar-refractivity contribution is 0.101. The molecule has 0 spiro atoms. The summed E-state index contributed by atoms with van der Waals surface area (Å²) in [6.45, 7) is 1.25. The van der Waals surface area contributed by atoms with Crippen molar-refractivity contribution in [1.29, 1.82) is 0 Å². The first kappa shape index (κ1) is 14.0. The van der Waals surface area contributed by atoms with Crippen LogP contribution in [-0.2, 0) is 0 Å². The van der Waals surface area contributed by atoms with Gasteiger partial charge in [0.1, 0.15) is 5.82 Å². The summed E-state index contributed by atoms with van der Waals surface area (Å²) >= 11 is 0. The van der Waals surface area contributed by atoms with Crippen molar-refractivity contribution in [3.05, 3.63) is 59.2 Å². The van der Waals surface area contributed by atoms with Gasteiger partial charge in [0.2, 0.25) is 0 Å². The Morgan fingerprint density at radius 3 is 2.35 bits per heavy atom. The second kappa shape index (κ2) is 5.32. The van der Waals surface area contributed by atoms with Crippen LogP contribution >= 0.6 is 0 Å². The van der Waals surface area contributed by atoms with E-state index in [2.05, 4.69) is 5.32 Å². The molecule has 0 radical (unpaired) electrons. The molecule has 0 aliphatic rings. The van der Waals surface area contributed by atoms with E-state index >= 15 is 0 Å². The molecule has 2 nitrogen and oxygen atoms in total. The Balaban J connectivity index is 2.40. The highest BCUT2D eigenvalue weighted by Crippen LogP contribution is 2.24. The second-order valence-corrected chi connectivity index (χ2v) is 4.13. The summed E-state index contributed by atoms with van der Waals surface area (Å²) in [4.78, 5) is 11.2. The van der Waals surface area contributed by atoms with Gasteiger partial charge in [-0.3, -0.25) is 4.79 Å². The molecule has 0 saturated heterocycles. The molecule has 0 unspecified atom stereocenters. The lowest BCUT2D eigenvalue weighted by atomic mass is 10.1. The smallest absolute Gasteiger partial charge is 0.196 e. The van der Waals surface area contributed by atoms with Crippen molar-refractivity contribution in [1.82, 2.24) is 0 Å². The first-order chi connectivity index (χ1) is 9.38. The van der Waals surface area contributed by atoms with Gasteiger partial charge >= 0.3 is 0 Å². The van der Waals surface area contributed by atoms with Gasteiger partial charge in [0.05, 0.1) is 5.69 Å². The molecule has 0 atom stereocenters.